The molecule has 2 rings (SSSR count). The topological polar surface area (TPSA) is 116 Å². The third kappa shape index (κ3) is 3.74. The number of carbonyl (C=O) groups excluding carboxylic acids is 3. The van der Waals surface area contributed by atoms with E-state index in [0.717, 1.165) is 21.5 Å². The molecule has 3 N–H and O–H groups in total. The summed E-state index contributed by atoms with van der Waals surface area (Å²) in [5, 5.41) is 7.13. The second-order valence-electron chi connectivity index (χ2n) is 5.32. The monoisotopic (exact) mass is 428 g/mol. The molecule has 25 heavy (non-hydrogen) atoms. The lowest BCUT2D eigenvalue weighted by molar-refractivity contribution is -0.119. The van der Waals surface area contributed by atoms with Gasteiger partial charge in [-0.25, -0.2) is 4.79 Å². The summed E-state index contributed by atoms with van der Waals surface area (Å²) in [6.45, 7) is 5.06. The molecule has 0 fully saturated rings. The van der Waals surface area contributed by atoms with E-state index in [-0.39, 0.29) is 15.4 Å². The lowest BCUT2D eigenvalue weighted by Crippen LogP contribution is -2.24. The average Bonchev–Trinajstić information content (AvgIpc) is 3.06. The van der Waals surface area contributed by atoms with Gasteiger partial charge in [-0.05, 0) is 42.3 Å². The first-order valence-electron chi connectivity index (χ1n) is 7.21. The summed E-state index contributed by atoms with van der Waals surface area (Å²) in [5.74, 6) is -1.72. The van der Waals surface area contributed by atoms with Crippen molar-refractivity contribution in [2.24, 2.45) is 5.73 Å². The van der Waals surface area contributed by atoms with Gasteiger partial charge in [0.25, 0.3) is 5.91 Å². The summed E-state index contributed by atoms with van der Waals surface area (Å²) >= 11 is 4.28. The smallest absolute Gasteiger partial charge is 0.341 e. The van der Waals surface area contributed by atoms with Crippen molar-refractivity contribution in [3.8, 4) is 0 Å². The second-order valence-corrected chi connectivity index (χ2v) is 7.20. The third-order valence-corrected chi connectivity index (χ3v) is 5.63. The molecule has 2 aromatic rings. The third-order valence-electron chi connectivity index (χ3n) is 3.63. The average molecular weight is 429 g/mol. The Balaban J connectivity index is 2.35. The van der Waals surface area contributed by atoms with Crippen LogP contribution in [0.15, 0.2) is 10.7 Å². The van der Waals surface area contributed by atoms with Crippen molar-refractivity contribution in [2.45, 2.75) is 26.8 Å². The van der Waals surface area contributed by atoms with Crippen molar-refractivity contribution in [2.75, 3.05) is 12.4 Å². The molecule has 2 amide bonds. The molecule has 0 aliphatic heterocycles. The van der Waals surface area contributed by atoms with Gasteiger partial charge in [0.1, 0.15) is 11.0 Å². The summed E-state index contributed by atoms with van der Waals surface area (Å²) in [4.78, 5) is 36.3. The maximum Gasteiger partial charge on any atom is 0.341 e. The van der Waals surface area contributed by atoms with Gasteiger partial charge in [-0.1, -0.05) is 0 Å². The Morgan fingerprint density at radius 2 is 2.04 bits per heavy atom. The highest BCUT2D eigenvalue weighted by Gasteiger charge is 2.27. The van der Waals surface area contributed by atoms with Gasteiger partial charge in [0.15, 0.2) is 0 Å². The number of aromatic nitrogens is 2. The van der Waals surface area contributed by atoms with Gasteiger partial charge in [-0.2, -0.15) is 5.10 Å². The molecular formula is C15H17BrN4O4S. The van der Waals surface area contributed by atoms with Gasteiger partial charge in [0, 0.05) is 6.20 Å². The molecule has 2 aromatic heterocycles. The zero-order valence-electron chi connectivity index (χ0n) is 14.0. The predicted octanol–water partition coefficient (Wildman–Crippen LogP) is 2.41. The highest BCUT2D eigenvalue weighted by Crippen LogP contribution is 2.34. The summed E-state index contributed by atoms with van der Waals surface area (Å²) in [5.41, 5.74) is 6.58. The maximum absolute atomic E-state index is 12.5. The Kier molecular flexibility index (Phi) is 5.63. The second kappa shape index (κ2) is 7.36. The van der Waals surface area contributed by atoms with E-state index in [1.807, 2.05) is 6.92 Å². The van der Waals surface area contributed by atoms with E-state index in [2.05, 4.69) is 26.3 Å². The number of rotatable bonds is 5. The van der Waals surface area contributed by atoms with Gasteiger partial charge in [-0.3, -0.25) is 14.3 Å². The first-order chi connectivity index (χ1) is 11.7. The number of carbonyl (C=O) groups is 3. The van der Waals surface area contributed by atoms with Crippen LogP contribution in [0.4, 0.5) is 5.00 Å². The number of nitrogens with one attached hydrogen (secondary N) is 1. The fourth-order valence-electron chi connectivity index (χ4n) is 2.18. The van der Waals surface area contributed by atoms with Crippen LogP contribution in [0, 0.1) is 13.8 Å². The number of nitrogens with zero attached hydrogens (tertiary/aromatic N) is 2. The number of hydrogen-bond donors (Lipinski definition) is 2. The maximum atomic E-state index is 12.5. The minimum atomic E-state index is -0.673. The van der Waals surface area contributed by atoms with Gasteiger partial charge in [0.2, 0.25) is 5.91 Å². The van der Waals surface area contributed by atoms with Crippen LogP contribution in [0.5, 0.6) is 0 Å². The van der Waals surface area contributed by atoms with E-state index >= 15 is 0 Å². The fourth-order valence-corrected chi connectivity index (χ4v) is 3.52. The first kappa shape index (κ1) is 19.1. The van der Waals surface area contributed by atoms with Crippen LogP contribution >= 0.6 is 27.3 Å². The Hall–Kier alpha value is -2.20. The molecule has 0 aliphatic carbocycles. The number of hydrogen-bond acceptors (Lipinski definition) is 6. The lowest BCUT2D eigenvalue weighted by atomic mass is 10.1. The highest BCUT2D eigenvalue weighted by atomic mass is 79.9. The molecule has 10 heteroatoms. The SMILES string of the molecule is COC(=O)c1c(NC(=O)C(C)n2cc(Br)c(C)n2)sc(C(N)=O)c1C. The molecule has 2 heterocycles. The lowest BCUT2D eigenvalue weighted by Gasteiger charge is -2.12. The van der Waals surface area contributed by atoms with Crippen molar-refractivity contribution in [3.05, 3.63) is 32.4 Å². The van der Waals surface area contributed by atoms with E-state index in [9.17, 15) is 14.4 Å². The molecule has 0 saturated heterocycles. The molecule has 8 nitrogen and oxygen atoms in total. The normalized spacial score (nSPS) is 11.9. The molecule has 134 valence electrons. The van der Waals surface area contributed by atoms with E-state index in [4.69, 9.17) is 10.5 Å². The van der Waals surface area contributed by atoms with Gasteiger partial charge >= 0.3 is 5.97 Å². The highest BCUT2D eigenvalue weighted by molar-refractivity contribution is 9.10. The van der Waals surface area contributed by atoms with Crippen LogP contribution in [0.1, 0.15) is 44.3 Å². The fraction of sp³-hybridized carbons (Fsp3) is 0.333. The van der Waals surface area contributed by atoms with E-state index in [1.54, 1.807) is 20.0 Å². The van der Waals surface area contributed by atoms with Crippen LogP contribution in [0.2, 0.25) is 0 Å². The van der Waals surface area contributed by atoms with Gasteiger partial charge in [0.05, 0.1) is 27.7 Å². The first-order valence-corrected chi connectivity index (χ1v) is 8.81. The van der Waals surface area contributed by atoms with Gasteiger partial charge < -0.3 is 15.8 Å². The number of amides is 2. The Morgan fingerprint density at radius 1 is 1.40 bits per heavy atom. The standard InChI is InChI=1S/C15H17BrN4O4S/c1-6-10(15(23)24-4)14(25-11(6)12(17)21)18-13(22)8(3)20-5-9(16)7(2)19-20/h5,8H,1-4H3,(H2,17,21)(H,18,22). The van der Waals surface area contributed by atoms with Crippen LogP contribution in [0.3, 0.4) is 0 Å². The number of primary amides is 1. The quantitative estimate of drug-likeness (QED) is 0.709. The van der Waals surface area contributed by atoms with Crippen LogP contribution in [0.25, 0.3) is 0 Å². The van der Waals surface area contributed by atoms with Crippen LogP contribution < -0.4 is 11.1 Å². The zero-order valence-corrected chi connectivity index (χ0v) is 16.4. The van der Waals surface area contributed by atoms with Crippen molar-refractivity contribution in [1.82, 2.24) is 9.78 Å². The number of ether oxygens (including phenoxy) is 1. The summed E-state index contributed by atoms with van der Waals surface area (Å²) in [6, 6.07) is -0.630. The summed E-state index contributed by atoms with van der Waals surface area (Å²) in [7, 11) is 1.22. The zero-order chi connectivity index (χ0) is 18.9. The molecule has 0 bridgehead atoms. The van der Waals surface area contributed by atoms with Crippen LogP contribution in [-0.4, -0.2) is 34.7 Å². The minimum absolute atomic E-state index is 0.125. The largest absolute Gasteiger partial charge is 0.465 e. The number of nitrogens with two attached hydrogens (primary N) is 1. The van der Waals surface area contributed by atoms with E-state index < -0.39 is 23.8 Å². The molecule has 0 aromatic carbocycles. The summed E-state index contributed by atoms with van der Waals surface area (Å²) in [6.07, 6.45) is 1.69. The molecular weight excluding hydrogens is 412 g/mol. The molecule has 0 saturated carbocycles. The summed E-state index contributed by atoms with van der Waals surface area (Å²) < 4.78 is 7.02. The van der Waals surface area contributed by atoms with E-state index in [1.165, 1.54) is 11.8 Å². The van der Waals surface area contributed by atoms with Gasteiger partial charge in [-0.15, -0.1) is 11.3 Å². The molecule has 1 unspecified atom stereocenters. The molecule has 0 radical (unpaired) electrons. The Bertz CT molecular complexity index is 839. The molecule has 1 atom stereocenters. The Labute approximate surface area is 156 Å². The molecule has 0 aliphatic rings. The van der Waals surface area contributed by atoms with Crippen LogP contribution in [-0.2, 0) is 9.53 Å². The van der Waals surface area contributed by atoms with Crippen molar-refractivity contribution >= 4 is 50.1 Å². The van der Waals surface area contributed by atoms with E-state index in [0.29, 0.717) is 5.56 Å². The number of esters is 1. The Morgan fingerprint density at radius 3 is 2.52 bits per heavy atom. The number of aryl methyl sites for hydroxylation is 1. The van der Waals surface area contributed by atoms with Crippen molar-refractivity contribution < 1.29 is 19.1 Å². The van der Waals surface area contributed by atoms with Crippen molar-refractivity contribution in [1.29, 1.82) is 0 Å². The predicted molar refractivity (Wildman–Crippen MR) is 96.9 cm³/mol. The number of anilines is 1. The molecule has 0 spiro atoms. The number of thiophene rings is 1. The minimum Gasteiger partial charge on any atom is -0.465 e. The number of halogens is 1. The van der Waals surface area contributed by atoms with Crippen molar-refractivity contribution in [3.63, 3.8) is 0 Å². The number of methoxy groups -OCH3 is 1.